The molecule has 0 aliphatic rings. The standard InChI is InChI=1S/C18H23ClN4O2S.HI/c1-20-18(23(2)13-14-7-9-16(19)10-8-14)21-12-15-5-4-6-17(11-15)22-26(3,24)25;/h4-11,22H,12-13H2,1-3H3,(H,20,21);1H. The number of nitrogens with zero attached hydrogens (tertiary/aromatic N) is 2. The average molecular weight is 523 g/mol. The number of halogens is 2. The summed E-state index contributed by atoms with van der Waals surface area (Å²) in [6, 6.07) is 14.9. The molecule has 9 heteroatoms. The first-order valence-electron chi connectivity index (χ1n) is 8.00. The van der Waals surface area contributed by atoms with Crippen LogP contribution in [0.2, 0.25) is 5.02 Å². The highest BCUT2D eigenvalue weighted by Gasteiger charge is 2.08. The largest absolute Gasteiger partial charge is 0.352 e. The lowest BCUT2D eigenvalue weighted by atomic mass is 10.2. The molecule has 0 heterocycles. The summed E-state index contributed by atoms with van der Waals surface area (Å²) in [5, 5.41) is 3.99. The molecule has 0 spiro atoms. The van der Waals surface area contributed by atoms with Gasteiger partial charge in [0.2, 0.25) is 10.0 Å². The fourth-order valence-corrected chi connectivity index (χ4v) is 3.14. The maximum Gasteiger partial charge on any atom is 0.229 e. The first-order chi connectivity index (χ1) is 12.3. The summed E-state index contributed by atoms with van der Waals surface area (Å²) in [7, 11) is 0.382. The monoisotopic (exact) mass is 522 g/mol. The lowest BCUT2D eigenvalue weighted by Crippen LogP contribution is -2.38. The molecule has 0 saturated carbocycles. The van der Waals surface area contributed by atoms with Gasteiger partial charge in [-0.05, 0) is 35.4 Å². The summed E-state index contributed by atoms with van der Waals surface area (Å²) < 4.78 is 25.2. The highest BCUT2D eigenvalue weighted by molar-refractivity contribution is 14.0. The van der Waals surface area contributed by atoms with E-state index in [1.54, 1.807) is 19.2 Å². The number of aliphatic imine (C=N–C) groups is 1. The zero-order valence-electron chi connectivity index (χ0n) is 15.4. The van der Waals surface area contributed by atoms with E-state index >= 15 is 0 Å². The molecule has 0 bridgehead atoms. The molecule has 148 valence electrons. The van der Waals surface area contributed by atoms with Crippen LogP contribution in [0.25, 0.3) is 0 Å². The molecule has 0 atom stereocenters. The molecular formula is C18H24ClIN4O2S. The molecule has 2 N–H and O–H groups in total. The Kier molecular flexibility index (Phi) is 9.34. The number of rotatable bonds is 6. The molecule has 2 rings (SSSR count). The van der Waals surface area contributed by atoms with Crippen LogP contribution < -0.4 is 10.0 Å². The Hall–Kier alpha value is -1.52. The predicted octanol–water partition coefficient (Wildman–Crippen LogP) is 3.54. The van der Waals surface area contributed by atoms with Gasteiger partial charge in [-0.25, -0.2) is 8.42 Å². The Morgan fingerprint density at radius 2 is 1.81 bits per heavy atom. The fraction of sp³-hybridized carbons (Fsp3) is 0.278. The number of anilines is 1. The van der Waals surface area contributed by atoms with E-state index in [1.807, 2.05) is 48.3 Å². The van der Waals surface area contributed by atoms with Gasteiger partial charge in [0.25, 0.3) is 0 Å². The number of sulfonamides is 1. The number of nitrogens with one attached hydrogen (secondary N) is 2. The Labute approximate surface area is 183 Å². The van der Waals surface area contributed by atoms with E-state index in [0.717, 1.165) is 23.3 Å². The molecule has 27 heavy (non-hydrogen) atoms. The van der Waals surface area contributed by atoms with E-state index in [1.165, 1.54) is 0 Å². The van der Waals surface area contributed by atoms with Gasteiger partial charge >= 0.3 is 0 Å². The lowest BCUT2D eigenvalue weighted by molar-refractivity contribution is 0.476. The zero-order chi connectivity index (χ0) is 19.2. The quantitative estimate of drug-likeness (QED) is 0.346. The third-order valence-corrected chi connectivity index (χ3v) is 4.45. The maximum absolute atomic E-state index is 11.3. The molecule has 0 fully saturated rings. The molecule has 0 aliphatic heterocycles. The Morgan fingerprint density at radius 1 is 1.15 bits per heavy atom. The van der Waals surface area contributed by atoms with Crippen molar-refractivity contribution in [1.82, 2.24) is 10.2 Å². The van der Waals surface area contributed by atoms with Crippen LogP contribution in [0.1, 0.15) is 11.1 Å². The SMILES string of the molecule is CN=C(NCc1cccc(NS(C)(=O)=O)c1)N(C)Cc1ccc(Cl)cc1.I. The van der Waals surface area contributed by atoms with Crippen LogP contribution in [0, 0.1) is 0 Å². The van der Waals surface area contributed by atoms with Crippen molar-refractivity contribution in [3.63, 3.8) is 0 Å². The topological polar surface area (TPSA) is 73.8 Å². The fourth-order valence-electron chi connectivity index (χ4n) is 2.46. The first kappa shape index (κ1) is 23.5. The van der Waals surface area contributed by atoms with Gasteiger partial charge in [-0.15, -0.1) is 24.0 Å². The van der Waals surface area contributed by atoms with E-state index in [-0.39, 0.29) is 24.0 Å². The Balaban J connectivity index is 0.00000364. The number of hydrogen-bond donors (Lipinski definition) is 2. The minimum Gasteiger partial charge on any atom is -0.352 e. The average Bonchev–Trinajstić information content (AvgIpc) is 2.56. The third kappa shape index (κ3) is 8.35. The number of benzene rings is 2. The molecule has 2 aromatic carbocycles. The van der Waals surface area contributed by atoms with Crippen LogP contribution in [0.3, 0.4) is 0 Å². The molecule has 6 nitrogen and oxygen atoms in total. The van der Waals surface area contributed by atoms with E-state index in [0.29, 0.717) is 23.8 Å². The molecule has 0 unspecified atom stereocenters. The molecule has 0 amide bonds. The van der Waals surface area contributed by atoms with Gasteiger partial charge in [-0.3, -0.25) is 9.71 Å². The summed E-state index contributed by atoms with van der Waals surface area (Å²) in [6.45, 7) is 1.21. The lowest BCUT2D eigenvalue weighted by Gasteiger charge is -2.22. The van der Waals surface area contributed by atoms with Crippen molar-refractivity contribution in [2.75, 3.05) is 25.1 Å². The second-order valence-corrected chi connectivity index (χ2v) is 8.14. The van der Waals surface area contributed by atoms with Crippen LogP contribution in [0.15, 0.2) is 53.5 Å². The summed E-state index contributed by atoms with van der Waals surface area (Å²) in [5.41, 5.74) is 2.61. The van der Waals surface area contributed by atoms with Gasteiger partial charge in [0.1, 0.15) is 0 Å². The normalized spacial score (nSPS) is 11.5. The molecule has 0 saturated heterocycles. The van der Waals surface area contributed by atoms with Crippen molar-refractivity contribution in [3.05, 3.63) is 64.7 Å². The van der Waals surface area contributed by atoms with Gasteiger partial charge in [0.05, 0.1) is 6.26 Å². The van der Waals surface area contributed by atoms with Crippen LogP contribution in [-0.2, 0) is 23.1 Å². The number of guanidine groups is 1. The van der Waals surface area contributed by atoms with Crippen molar-refractivity contribution >= 4 is 57.2 Å². The second kappa shape index (κ2) is 10.7. The third-order valence-electron chi connectivity index (χ3n) is 3.59. The Bertz CT molecular complexity index is 873. The van der Waals surface area contributed by atoms with Gasteiger partial charge in [0, 0.05) is 37.9 Å². The van der Waals surface area contributed by atoms with Crippen molar-refractivity contribution < 1.29 is 8.42 Å². The summed E-state index contributed by atoms with van der Waals surface area (Å²) in [6.07, 6.45) is 1.13. The highest BCUT2D eigenvalue weighted by Crippen LogP contribution is 2.13. The molecule has 0 aromatic heterocycles. The first-order valence-corrected chi connectivity index (χ1v) is 10.3. The van der Waals surface area contributed by atoms with Crippen molar-refractivity contribution in [1.29, 1.82) is 0 Å². The predicted molar refractivity (Wildman–Crippen MR) is 123 cm³/mol. The van der Waals surface area contributed by atoms with Crippen LogP contribution in [0.5, 0.6) is 0 Å². The van der Waals surface area contributed by atoms with Crippen LogP contribution >= 0.6 is 35.6 Å². The molecule has 0 radical (unpaired) electrons. The molecule has 2 aromatic rings. The zero-order valence-corrected chi connectivity index (χ0v) is 19.3. The van der Waals surface area contributed by atoms with Gasteiger partial charge < -0.3 is 10.2 Å². The summed E-state index contributed by atoms with van der Waals surface area (Å²) >= 11 is 5.92. The van der Waals surface area contributed by atoms with Crippen molar-refractivity contribution in [3.8, 4) is 0 Å². The van der Waals surface area contributed by atoms with E-state index in [2.05, 4.69) is 15.0 Å². The van der Waals surface area contributed by atoms with Crippen LogP contribution in [-0.4, -0.2) is 39.6 Å². The minimum atomic E-state index is -3.29. The van der Waals surface area contributed by atoms with Gasteiger partial charge in [-0.2, -0.15) is 0 Å². The number of hydrogen-bond acceptors (Lipinski definition) is 3. The molecule has 0 aliphatic carbocycles. The van der Waals surface area contributed by atoms with Crippen molar-refractivity contribution in [2.24, 2.45) is 4.99 Å². The van der Waals surface area contributed by atoms with Crippen LogP contribution in [0.4, 0.5) is 5.69 Å². The van der Waals surface area contributed by atoms with E-state index in [4.69, 9.17) is 11.6 Å². The maximum atomic E-state index is 11.3. The minimum absolute atomic E-state index is 0. The summed E-state index contributed by atoms with van der Waals surface area (Å²) in [4.78, 5) is 6.29. The smallest absolute Gasteiger partial charge is 0.229 e. The van der Waals surface area contributed by atoms with Gasteiger partial charge in [-0.1, -0.05) is 35.9 Å². The summed E-state index contributed by atoms with van der Waals surface area (Å²) in [5.74, 6) is 0.737. The van der Waals surface area contributed by atoms with Crippen molar-refractivity contribution in [2.45, 2.75) is 13.1 Å². The van der Waals surface area contributed by atoms with Gasteiger partial charge in [0.15, 0.2) is 5.96 Å². The van der Waals surface area contributed by atoms with E-state index < -0.39 is 10.0 Å². The highest BCUT2D eigenvalue weighted by atomic mass is 127. The second-order valence-electron chi connectivity index (χ2n) is 5.96. The Morgan fingerprint density at radius 3 is 2.41 bits per heavy atom. The van der Waals surface area contributed by atoms with E-state index in [9.17, 15) is 8.42 Å². The molecular weight excluding hydrogens is 499 g/mol.